The lowest BCUT2D eigenvalue weighted by Gasteiger charge is -2.12. The van der Waals surface area contributed by atoms with Gasteiger partial charge in [0.2, 0.25) is 0 Å². The zero-order valence-electron chi connectivity index (χ0n) is 14.5. The molecule has 1 saturated heterocycles. The molecular weight excluding hydrogens is 382 g/mol. The van der Waals surface area contributed by atoms with Gasteiger partial charge < -0.3 is 9.84 Å². The molecule has 3 rings (SSSR count). The summed E-state index contributed by atoms with van der Waals surface area (Å²) in [7, 11) is 0. The third-order valence-corrected chi connectivity index (χ3v) is 5.21. The smallest absolute Gasteiger partial charge is 0.305 e. The number of hydrogen-bond acceptors (Lipinski definition) is 5. The van der Waals surface area contributed by atoms with Crippen LogP contribution in [0.3, 0.4) is 0 Å². The lowest BCUT2D eigenvalue weighted by molar-refractivity contribution is -0.137. The average molecular weight is 399 g/mol. The Bertz CT molecular complexity index is 922. The minimum Gasteiger partial charge on any atom is -0.481 e. The molecule has 1 heterocycles. The van der Waals surface area contributed by atoms with Gasteiger partial charge in [0, 0.05) is 6.54 Å². The molecule has 5 nitrogen and oxygen atoms in total. The van der Waals surface area contributed by atoms with Crippen LogP contribution in [0, 0.1) is 6.92 Å². The average Bonchev–Trinajstić information content (AvgIpc) is 2.89. The van der Waals surface area contributed by atoms with E-state index in [1.807, 2.05) is 55.5 Å². The molecule has 2 aromatic carbocycles. The zero-order chi connectivity index (χ0) is 19.4. The Morgan fingerprint density at radius 2 is 1.96 bits per heavy atom. The minimum atomic E-state index is -0.964. The summed E-state index contributed by atoms with van der Waals surface area (Å²) < 4.78 is 6.22. The summed E-state index contributed by atoms with van der Waals surface area (Å²) in [6.07, 6.45) is 1.60. The fraction of sp³-hybridized carbons (Fsp3) is 0.150. The van der Waals surface area contributed by atoms with Gasteiger partial charge in [0.05, 0.1) is 11.3 Å². The van der Waals surface area contributed by atoms with Gasteiger partial charge in [-0.1, -0.05) is 53.8 Å². The number of carboxylic acids is 1. The molecule has 1 fully saturated rings. The summed E-state index contributed by atoms with van der Waals surface area (Å²) in [6.45, 7) is 2.09. The van der Waals surface area contributed by atoms with Gasteiger partial charge in [-0.25, -0.2) is 0 Å². The van der Waals surface area contributed by atoms with Gasteiger partial charge in [0.25, 0.3) is 5.91 Å². The number of thioether (sulfide) groups is 1. The topological polar surface area (TPSA) is 66.8 Å². The normalized spacial score (nSPS) is 15.4. The number of carbonyl (C=O) groups excluding carboxylic acids is 1. The SMILES string of the molecule is Cc1ccc(Oc2cccc(C=C3SC(=S)N(CCC(=O)O)C3=O)c2)cc1. The quantitative estimate of drug-likeness (QED) is 0.571. The van der Waals surface area contributed by atoms with E-state index in [0.717, 1.165) is 16.9 Å². The van der Waals surface area contributed by atoms with Crippen LogP contribution in [0.5, 0.6) is 11.5 Å². The highest BCUT2D eigenvalue weighted by Gasteiger charge is 2.32. The van der Waals surface area contributed by atoms with Crippen molar-refractivity contribution in [3.8, 4) is 11.5 Å². The van der Waals surface area contributed by atoms with Gasteiger partial charge in [0.15, 0.2) is 0 Å². The van der Waals surface area contributed by atoms with E-state index in [-0.39, 0.29) is 18.9 Å². The Kier molecular flexibility index (Phi) is 5.93. The van der Waals surface area contributed by atoms with Gasteiger partial charge in [-0.2, -0.15) is 0 Å². The van der Waals surface area contributed by atoms with Crippen LogP contribution in [0.1, 0.15) is 17.5 Å². The molecule has 0 aliphatic carbocycles. The Balaban J connectivity index is 1.75. The van der Waals surface area contributed by atoms with E-state index in [1.165, 1.54) is 16.7 Å². The molecule has 0 spiro atoms. The number of ether oxygens (including phenoxy) is 1. The summed E-state index contributed by atoms with van der Waals surface area (Å²) in [4.78, 5) is 25.0. The van der Waals surface area contributed by atoms with Crippen molar-refractivity contribution < 1.29 is 19.4 Å². The van der Waals surface area contributed by atoms with E-state index < -0.39 is 5.97 Å². The maximum Gasteiger partial charge on any atom is 0.305 e. The molecule has 0 unspecified atom stereocenters. The lowest BCUT2D eigenvalue weighted by Crippen LogP contribution is -2.30. The predicted molar refractivity (Wildman–Crippen MR) is 110 cm³/mol. The number of aliphatic carboxylic acids is 1. The summed E-state index contributed by atoms with van der Waals surface area (Å²) in [6, 6.07) is 15.1. The molecule has 0 atom stereocenters. The number of amides is 1. The summed E-state index contributed by atoms with van der Waals surface area (Å²) in [5.74, 6) is 0.164. The number of nitrogens with zero attached hydrogens (tertiary/aromatic N) is 1. The first kappa shape index (κ1) is 19.1. The molecule has 1 amide bonds. The summed E-state index contributed by atoms with van der Waals surface area (Å²) in [5, 5.41) is 8.80. The third-order valence-electron chi connectivity index (χ3n) is 3.84. The van der Waals surface area contributed by atoms with Gasteiger partial charge in [-0.3, -0.25) is 14.5 Å². The molecule has 7 heteroatoms. The van der Waals surface area contributed by atoms with E-state index in [2.05, 4.69) is 0 Å². The lowest BCUT2D eigenvalue weighted by atomic mass is 10.2. The van der Waals surface area contributed by atoms with Crippen molar-refractivity contribution in [3.63, 3.8) is 0 Å². The van der Waals surface area contributed by atoms with Crippen LogP contribution < -0.4 is 4.74 Å². The van der Waals surface area contributed by atoms with Crippen LogP contribution >= 0.6 is 24.0 Å². The van der Waals surface area contributed by atoms with Gasteiger partial charge >= 0.3 is 5.97 Å². The van der Waals surface area contributed by atoms with Crippen molar-refractivity contribution in [2.24, 2.45) is 0 Å². The van der Waals surface area contributed by atoms with Gasteiger partial charge in [-0.15, -0.1) is 0 Å². The van der Waals surface area contributed by atoms with Gasteiger partial charge in [0.1, 0.15) is 15.8 Å². The van der Waals surface area contributed by atoms with Crippen LogP contribution in [-0.2, 0) is 9.59 Å². The second-order valence-corrected chi connectivity index (χ2v) is 7.64. The molecule has 1 aliphatic heterocycles. The van der Waals surface area contributed by atoms with Crippen LogP contribution in [0.25, 0.3) is 6.08 Å². The fourth-order valence-corrected chi connectivity index (χ4v) is 3.77. The number of rotatable bonds is 6. The first-order valence-electron chi connectivity index (χ1n) is 8.24. The van der Waals surface area contributed by atoms with Crippen LogP contribution in [0.4, 0.5) is 0 Å². The highest BCUT2D eigenvalue weighted by molar-refractivity contribution is 8.26. The molecule has 1 N–H and O–H groups in total. The van der Waals surface area contributed by atoms with Crippen molar-refractivity contribution in [3.05, 3.63) is 64.6 Å². The fourth-order valence-electron chi connectivity index (χ4n) is 2.46. The standard InChI is InChI=1S/C20H17NO4S2/c1-13-5-7-15(8-6-13)25-16-4-2-3-14(11-16)12-17-19(24)21(20(26)27-17)10-9-18(22)23/h2-8,11-12H,9-10H2,1H3,(H,22,23). The van der Waals surface area contributed by atoms with Gasteiger partial charge in [-0.05, 0) is 42.8 Å². The number of carboxylic acid groups (broad SMARTS) is 1. The van der Waals surface area contributed by atoms with Crippen molar-refractivity contribution in [1.29, 1.82) is 0 Å². The zero-order valence-corrected chi connectivity index (χ0v) is 16.2. The maximum absolute atomic E-state index is 12.5. The molecule has 0 radical (unpaired) electrons. The molecule has 0 bridgehead atoms. The van der Waals surface area contributed by atoms with Crippen LogP contribution in [-0.4, -0.2) is 32.7 Å². The number of aryl methyl sites for hydroxylation is 1. The Morgan fingerprint density at radius 3 is 2.67 bits per heavy atom. The Labute approximate surface area is 166 Å². The second kappa shape index (κ2) is 8.37. The number of hydrogen-bond donors (Lipinski definition) is 1. The minimum absolute atomic E-state index is 0.0773. The second-order valence-electron chi connectivity index (χ2n) is 5.96. The monoisotopic (exact) mass is 399 g/mol. The predicted octanol–water partition coefficient (Wildman–Crippen LogP) is 4.46. The molecule has 0 aromatic heterocycles. The van der Waals surface area contributed by atoms with E-state index >= 15 is 0 Å². The van der Waals surface area contributed by atoms with Crippen molar-refractivity contribution in [1.82, 2.24) is 4.90 Å². The summed E-state index contributed by atoms with van der Waals surface area (Å²) in [5.41, 5.74) is 1.96. The number of carbonyl (C=O) groups is 2. The molecule has 138 valence electrons. The van der Waals surface area contributed by atoms with E-state index in [4.69, 9.17) is 22.1 Å². The molecule has 2 aromatic rings. The van der Waals surface area contributed by atoms with Crippen molar-refractivity contribution in [2.45, 2.75) is 13.3 Å². The van der Waals surface area contributed by atoms with Crippen LogP contribution in [0.15, 0.2) is 53.4 Å². The van der Waals surface area contributed by atoms with E-state index in [0.29, 0.717) is 15.0 Å². The molecule has 0 saturated carbocycles. The van der Waals surface area contributed by atoms with E-state index in [9.17, 15) is 9.59 Å². The number of thiocarbonyl (C=S) groups is 1. The first-order chi connectivity index (χ1) is 12.9. The summed E-state index contributed by atoms with van der Waals surface area (Å²) >= 11 is 6.37. The van der Waals surface area contributed by atoms with Crippen molar-refractivity contribution >= 4 is 46.3 Å². The third kappa shape index (κ3) is 4.96. The largest absolute Gasteiger partial charge is 0.481 e. The highest BCUT2D eigenvalue weighted by Crippen LogP contribution is 2.33. The Hall–Kier alpha value is -2.64. The Morgan fingerprint density at radius 1 is 1.22 bits per heavy atom. The van der Waals surface area contributed by atoms with E-state index in [1.54, 1.807) is 6.08 Å². The highest BCUT2D eigenvalue weighted by atomic mass is 32.2. The molecule has 27 heavy (non-hydrogen) atoms. The first-order valence-corrected chi connectivity index (χ1v) is 9.46. The van der Waals surface area contributed by atoms with Crippen molar-refractivity contribution in [2.75, 3.05) is 6.54 Å². The molecular formula is C20H17NO4S2. The molecule has 1 aliphatic rings. The number of benzene rings is 2. The maximum atomic E-state index is 12.5. The van der Waals surface area contributed by atoms with Crippen LogP contribution in [0.2, 0.25) is 0 Å².